The third kappa shape index (κ3) is 5.59. The molecular weight excluding hydrogens is 432 g/mol. The summed E-state index contributed by atoms with van der Waals surface area (Å²) in [5.41, 5.74) is 3.38. The monoisotopic (exact) mass is 456 g/mol. The minimum absolute atomic E-state index is 0.157. The Morgan fingerprint density at radius 3 is 2.32 bits per heavy atom. The first kappa shape index (κ1) is 22.7. The van der Waals surface area contributed by atoms with Crippen LogP contribution in [0, 0.1) is 20.8 Å². The zero-order valence-corrected chi connectivity index (χ0v) is 19.6. The molecule has 2 N–H and O–H groups in total. The van der Waals surface area contributed by atoms with Crippen molar-refractivity contribution < 1.29 is 19.1 Å². The van der Waals surface area contributed by atoms with Crippen molar-refractivity contribution >= 4 is 51.1 Å². The number of hydrogen-bond acceptors (Lipinski definition) is 6. The van der Waals surface area contributed by atoms with Gasteiger partial charge in [0, 0.05) is 15.9 Å². The predicted octanol–water partition coefficient (Wildman–Crippen LogP) is 5.80. The van der Waals surface area contributed by atoms with Gasteiger partial charge in [0.05, 0.1) is 22.1 Å². The van der Waals surface area contributed by atoms with Gasteiger partial charge in [-0.1, -0.05) is 17.7 Å². The first-order valence-corrected chi connectivity index (χ1v) is 11.4. The van der Waals surface area contributed by atoms with E-state index in [2.05, 4.69) is 10.6 Å². The van der Waals surface area contributed by atoms with Gasteiger partial charge >= 0.3 is 5.97 Å². The number of ether oxygens (including phenoxy) is 1. The number of carbonyl (C=O) groups is 3. The highest BCUT2D eigenvalue weighted by atomic mass is 32.1. The second-order valence-corrected chi connectivity index (χ2v) is 9.65. The molecular formula is C23H24N2O4S2. The fourth-order valence-corrected chi connectivity index (χ4v) is 4.52. The van der Waals surface area contributed by atoms with Crippen LogP contribution < -0.4 is 10.6 Å². The number of aryl methyl sites for hydroxylation is 3. The number of carbonyl (C=O) groups excluding carboxylic acids is 3. The van der Waals surface area contributed by atoms with Gasteiger partial charge in [0.15, 0.2) is 0 Å². The van der Waals surface area contributed by atoms with Gasteiger partial charge < -0.3 is 15.4 Å². The first-order valence-electron chi connectivity index (χ1n) is 9.74. The first-order chi connectivity index (χ1) is 14.6. The largest absolute Gasteiger partial charge is 0.459 e. The molecule has 0 aliphatic carbocycles. The smallest absolute Gasteiger partial charge is 0.341 e. The van der Waals surface area contributed by atoms with E-state index in [1.807, 2.05) is 39.0 Å². The number of esters is 1. The molecule has 0 atom stereocenters. The lowest BCUT2D eigenvalue weighted by Crippen LogP contribution is -2.15. The maximum Gasteiger partial charge on any atom is 0.341 e. The van der Waals surface area contributed by atoms with Crippen LogP contribution in [0.1, 0.15) is 60.2 Å². The molecule has 0 unspecified atom stereocenters. The number of benzene rings is 1. The van der Waals surface area contributed by atoms with Gasteiger partial charge in [-0.2, -0.15) is 0 Å². The van der Waals surface area contributed by atoms with E-state index in [-0.39, 0.29) is 28.5 Å². The third-order valence-electron chi connectivity index (χ3n) is 4.37. The minimum atomic E-state index is -0.589. The molecule has 0 spiro atoms. The van der Waals surface area contributed by atoms with Gasteiger partial charge in [0.25, 0.3) is 11.8 Å². The van der Waals surface area contributed by atoms with Gasteiger partial charge in [0.2, 0.25) is 0 Å². The Hall–Kier alpha value is -2.97. The maximum atomic E-state index is 12.9. The van der Waals surface area contributed by atoms with Crippen LogP contribution in [-0.2, 0) is 4.74 Å². The molecule has 31 heavy (non-hydrogen) atoms. The van der Waals surface area contributed by atoms with Crippen LogP contribution in [0.2, 0.25) is 0 Å². The lowest BCUT2D eigenvalue weighted by Gasteiger charge is -2.08. The Labute approximate surface area is 189 Å². The summed E-state index contributed by atoms with van der Waals surface area (Å²) >= 11 is 2.50. The number of thiophene rings is 2. The Morgan fingerprint density at radius 1 is 0.968 bits per heavy atom. The molecule has 3 aromatic rings. The lowest BCUT2D eigenvalue weighted by molar-refractivity contribution is 0.0379. The van der Waals surface area contributed by atoms with E-state index in [9.17, 15) is 14.4 Å². The summed E-state index contributed by atoms with van der Waals surface area (Å²) in [5.74, 6) is -1.29. The van der Waals surface area contributed by atoms with Gasteiger partial charge in [-0.05, 0) is 58.4 Å². The molecule has 0 radical (unpaired) electrons. The Morgan fingerprint density at radius 2 is 1.71 bits per heavy atom. The molecule has 2 aromatic heterocycles. The summed E-state index contributed by atoms with van der Waals surface area (Å²) in [6.45, 7) is 9.29. The number of nitrogens with one attached hydrogen (secondary N) is 2. The molecule has 0 aliphatic heterocycles. The van der Waals surface area contributed by atoms with Crippen LogP contribution in [0.4, 0.5) is 10.7 Å². The van der Waals surface area contributed by atoms with Crippen molar-refractivity contribution in [3.05, 3.63) is 67.7 Å². The molecule has 3 rings (SSSR count). The highest BCUT2D eigenvalue weighted by molar-refractivity contribution is 7.18. The van der Waals surface area contributed by atoms with Crippen molar-refractivity contribution in [1.29, 1.82) is 0 Å². The summed E-state index contributed by atoms with van der Waals surface area (Å²) in [7, 11) is 0. The zero-order valence-electron chi connectivity index (χ0n) is 18.0. The molecule has 0 aliphatic rings. The summed E-state index contributed by atoms with van der Waals surface area (Å²) in [5, 5.41) is 7.66. The number of anilines is 2. The number of hydrogen-bond donors (Lipinski definition) is 2. The molecule has 8 heteroatoms. The molecule has 0 bridgehead atoms. The van der Waals surface area contributed by atoms with E-state index in [4.69, 9.17) is 4.74 Å². The average Bonchev–Trinajstić information content (AvgIpc) is 3.30. The van der Waals surface area contributed by atoms with Crippen molar-refractivity contribution in [3.8, 4) is 0 Å². The highest BCUT2D eigenvalue weighted by Gasteiger charge is 2.24. The van der Waals surface area contributed by atoms with E-state index in [0.29, 0.717) is 16.1 Å². The summed E-state index contributed by atoms with van der Waals surface area (Å²) in [6.07, 6.45) is -0.331. The topological polar surface area (TPSA) is 84.5 Å². The molecule has 0 saturated carbocycles. The quantitative estimate of drug-likeness (QED) is 0.459. The van der Waals surface area contributed by atoms with Crippen LogP contribution in [0.5, 0.6) is 0 Å². The average molecular weight is 457 g/mol. The highest BCUT2D eigenvalue weighted by Crippen LogP contribution is 2.31. The van der Waals surface area contributed by atoms with Crippen LogP contribution in [-0.4, -0.2) is 23.9 Å². The van der Waals surface area contributed by atoms with E-state index in [0.717, 1.165) is 27.3 Å². The van der Waals surface area contributed by atoms with Crippen LogP contribution in [0.3, 0.4) is 0 Å². The third-order valence-corrected chi connectivity index (χ3v) is 6.28. The minimum Gasteiger partial charge on any atom is -0.459 e. The SMILES string of the molecule is Cc1ccc(NC(=O)c2cc(C(=O)OC(C)C)c(NC(=O)c3csc(C)c3)s2)c(C)c1. The Bertz CT molecular complexity index is 1140. The van der Waals surface area contributed by atoms with Gasteiger partial charge in [-0.15, -0.1) is 22.7 Å². The van der Waals surface area contributed by atoms with E-state index in [1.54, 1.807) is 25.3 Å². The van der Waals surface area contributed by atoms with Crippen molar-refractivity contribution in [2.24, 2.45) is 0 Å². The number of rotatable bonds is 6. The maximum absolute atomic E-state index is 12.9. The predicted molar refractivity (Wildman–Crippen MR) is 126 cm³/mol. The van der Waals surface area contributed by atoms with Gasteiger partial charge in [-0.3, -0.25) is 9.59 Å². The van der Waals surface area contributed by atoms with Gasteiger partial charge in [0.1, 0.15) is 5.00 Å². The second-order valence-electron chi connectivity index (χ2n) is 7.48. The van der Waals surface area contributed by atoms with Crippen molar-refractivity contribution in [2.45, 2.75) is 40.7 Å². The summed E-state index contributed by atoms with van der Waals surface area (Å²) in [4.78, 5) is 39.4. The molecule has 0 fully saturated rings. The van der Waals surface area contributed by atoms with Crippen molar-refractivity contribution in [2.75, 3.05) is 10.6 Å². The second kappa shape index (κ2) is 9.45. The molecule has 1 aromatic carbocycles. The van der Waals surface area contributed by atoms with Gasteiger partial charge in [-0.25, -0.2) is 4.79 Å². The molecule has 0 saturated heterocycles. The van der Waals surface area contributed by atoms with Crippen LogP contribution in [0.15, 0.2) is 35.7 Å². The van der Waals surface area contributed by atoms with E-state index >= 15 is 0 Å². The summed E-state index contributed by atoms with van der Waals surface area (Å²) < 4.78 is 5.30. The Kier molecular flexibility index (Phi) is 6.92. The van der Waals surface area contributed by atoms with Crippen LogP contribution >= 0.6 is 22.7 Å². The van der Waals surface area contributed by atoms with Crippen molar-refractivity contribution in [1.82, 2.24) is 0 Å². The zero-order chi connectivity index (χ0) is 22.7. The standard InChI is InChI=1S/C23H24N2O4S2/c1-12(2)29-23(28)17-10-19(21(27)24-18-7-6-13(3)8-14(18)4)31-22(17)25-20(26)16-9-15(5)30-11-16/h6-12H,1-5H3,(H,24,27)(H,25,26). The fourth-order valence-electron chi connectivity index (χ4n) is 2.90. The molecule has 2 amide bonds. The molecule has 2 heterocycles. The number of amides is 2. The Balaban J connectivity index is 1.89. The fraction of sp³-hybridized carbons (Fsp3) is 0.261. The lowest BCUT2D eigenvalue weighted by atomic mass is 10.1. The van der Waals surface area contributed by atoms with E-state index < -0.39 is 5.97 Å². The molecule has 162 valence electrons. The summed E-state index contributed by atoms with van der Waals surface area (Å²) in [6, 6.07) is 8.96. The van der Waals surface area contributed by atoms with Crippen LogP contribution in [0.25, 0.3) is 0 Å². The normalized spacial score (nSPS) is 10.8. The van der Waals surface area contributed by atoms with Crippen molar-refractivity contribution in [3.63, 3.8) is 0 Å². The molecule has 6 nitrogen and oxygen atoms in total. The van der Waals surface area contributed by atoms with E-state index in [1.165, 1.54) is 17.4 Å².